The lowest BCUT2D eigenvalue weighted by Gasteiger charge is -2.64. The van der Waals surface area contributed by atoms with Crippen LogP contribution in [-0.4, -0.2) is 56.2 Å². The number of carbonyl (C=O) groups is 2. The Bertz CT molecular complexity index is 882. The Balaban J connectivity index is 1.88. The highest BCUT2D eigenvalue weighted by Gasteiger charge is 2.74. The normalized spacial score (nSPS) is 51.2. The maximum atomic E-state index is 15.3. The molecule has 0 amide bonds. The number of hydrogen-bond donors (Lipinski definition) is 3. The first kappa shape index (κ1) is 20.9. The maximum absolute atomic E-state index is 15.3. The summed E-state index contributed by atoms with van der Waals surface area (Å²) in [4.78, 5) is 23.1. The van der Waals surface area contributed by atoms with Gasteiger partial charge in [0, 0.05) is 10.8 Å². The van der Waals surface area contributed by atoms with Gasteiger partial charge in [0.25, 0.3) is 0 Å². The van der Waals surface area contributed by atoms with Crippen molar-refractivity contribution in [3.05, 3.63) is 36.0 Å². The van der Waals surface area contributed by atoms with Gasteiger partial charge >= 0.3 is 0 Å². The molecule has 3 N–H and O–H groups in total. The third-order valence-corrected chi connectivity index (χ3v) is 9.30. The molecule has 0 aliphatic heterocycles. The van der Waals surface area contributed by atoms with Gasteiger partial charge in [-0.05, 0) is 54.4 Å². The number of aliphatic hydroxyl groups excluding tert-OH is 2. The highest BCUT2D eigenvalue weighted by atomic mass is 35.5. The van der Waals surface area contributed by atoms with E-state index in [9.17, 15) is 24.9 Å². The van der Waals surface area contributed by atoms with E-state index in [-0.39, 0.29) is 36.2 Å². The standard InChI is InChI=1S/C22H26ClFO5/c1-11-6-13-14-8-16(24)15-7-12(26)4-5-19(15,2)21(14,23)17(27)9-20(13,3)22(11,29)18(28)10-25/h4-5,7,13-14,16-17,25,27,29H,1,6,8-10H2,2-3H3/t13-,14-,16-,17-,19-,20-,21-,22-/m0/s1. The van der Waals surface area contributed by atoms with Crippen molar-refractivity contribution in [2.45, 2.75) is 55.9 Å². The minimum Gasteiger partial charge on any atom is -0.391 e. The van der Waals surface area contributed by atoms with Crippen molar-refractivity contribution in [1.82, 2.24) is 0 Å². The second-order valence-electron chi connectivity index (χ2n) is 9.46. The van der Waals surface area contributed by atoms with Crippen LogP contribution in [0.5, 0.6) is 0 Å². The minimum atomic E-state index is -2.01. The summed E-state index contributed by atoms with van der Waals surface area (Å²) in [6, 6.07) is 0. The smallest absolute Gasteiger partial charge is 0.194 e. The van der Waals surface area contributed by atoms with E-state index in [0.717, 1.165) is 0 Å². The Kier molecular flexibility index (Phi) is 4.40. The largest absolute Gasteiger partial charge is 0.391 e. The molecular weight excluding hydrogens is 399 g/mol. The van der Waals surface area contributed by atoms with Gasteiger partial charge in [-0.2, -0.15) is 0 Å². The molecule has 5 nitrogen and oxygen atoms in total. The first-order valence-corrected chi connectivity index (χ1v) is 10.3. The van der Waals surface area contributed by atoms with Crippen LogP contribution in [0.2, 0.25) is 0 Å². The molecule has 0 radical (unpaired) electrons. The van der Waals surface area contributed by atoms with E-state index in [1.165, 1.54) is 12.2 Å². The molecule has 8 atom stereocenters. The number of alkyl halides is 2. The Morgan fingerprint density at radius 3 is 2.66 bits per heavy atom. The quantitative estimate of drug-likeness (QED) is 0.465. The molecule has 29 heavy (non-hydrogen) atoms. The number of rotatable bonds is 2. The molecule has 0 bridgehead atoms. The monoisotopic (exact) mass is 424 g/mol. The number of carbonyl (C=O) groups excluding carboxylic acids is 2. The van der Waals surface area contributed by atoms with Gasteiger partial charge in [0.15, 0.2) is 17.2 Å². The highest BCUT2D eigenvalue weighted by molar-refractivity contribution is 6.26. The second-order valence-corrected chi connectivity index (χ2v) is 10.1. The number of halogens is 2. The summed E-state index contributed by atoms with van der Waals surface area (Å²) in [5, 5.41) is 32.1. The predicted octanol–water partition coefficient (Wildman–Crippen LogP) is 2.03. The molecule has 0 heterocycles. The molecule has 4 aliphatic carbocycles. The lowest BCUT2D eigenvalue weighted by Crippen LogP contribution is -2.69. The molecule has 7 heteroatoms. The van der Waals surface area contributed by atoms with Crippen molar-refractivity contribution in [3.8, 4) is 0 Å². The van der Waals surface area contributed by atoms with Gasteiger partial charge in [0.2, 0.25) is 0 Å². The van der Waals surface area contributed by atoms with Gasteiger partial charge in [0.05, 0.1) is 11.0 Å². The first-order valence-electron chi connectivity index (χ1n) is 9.89. The SMILES string of the molecule is C=C1C[C@H]2[C@@H]3C[C@H](F)C4=CC(=O)C=C[C@]4(C)[C@@]3(Cl)[C@@H](O)C[C@]2(C)[C@@]1(O)C(=O)CO. The minimum absolute atomic E-state index is 0.0134. The van der Waals surface area contributed by atoms with Crippen LogP contribution in [0.1, 0.15) is 33.1 Å². The van der Waals surface area contributed by atoms with Crippen LogP contribution in [0.3, 0.4) is 0 Å². The zero-order valence-electron chi connectivity index (χ0n) is 16.5. The van der Waals surface area contributed by atoms with Gasteiger partial charge in [-0.3, -0.25) is 9.59 Å². The Morgan fingerprint density at radius 1 is 1.38 bits per heavy atom. The zero-order chi connectivity index (χ0) is 21.6. The van der Waals surface area contributed by atoms with Crippen molar-refractivity contribution in [2.24, 2.45) is 22.7 Å². The Hall–Kier alpha value is -1.34. The van der Waals surface area contributed by atoms with Gasteiger partial charge < -0.3 is 15.3 Å². The molecule has 0 unspecified atom stereocenters. The van der Waals surface area contributed by atoms with Crippen LogP contribution < -0.4 is 0 Å². The summed E-state index contributed by atoms with van der Waals surface area (Å²) in [6.07, 6.45) is 1.79. The molecule has 0 aromatic heterocycles. The summed E-state index contributed by atoms with van der Waals surface area (Å²) >= 11 is 7.17. The second kappa shape index (κ2) is 6.10. The first-order chi connectivity index (χ1) is 13.4. The van der Waals surface area contributed by atoms with Crippen molar-refractivity contribution in [1.29, 1.82) is 0 Å². The Morgan fingerprint density at radius 2 is 2.03 bits per heavy atom. The fourth-order valence-electron chi connectivity index (χ4n) is 6.79. The highest BCUT2D eigenvalue weighted by Crippen LogP contribution is 2.71. The average Bonchev–Trinajstić information content (AvgIpc) is 2.86. The third kappa shape index (κ3) is 2.21. The fourth-order valence-corrected chi connectivity index (χ4v) is 7.28. The van der Waals surface area contributed by atoms with Gasteiger partial charge in [0.1, 0.15) is 12.8 Å². The van der Waals surface area contributed by atoms with Crippen LogP contribution in [0.15, 0.2) is 36.0 Å². The van der Waals surface area contributed by atoms with Crippen LogP contribution in [0, 0.1) is 22.7 Å². The summed E-state index contributed by atoms with van der Waals surface area (Å²) in [6.45, 7) is 6.45. The molecular formula is C22H26ClFO5. The van der Waals surface area contributed by atoms with Gasteiger partial charge in [-0.1, -0.05) is 26.5 Å². The van der Waals surface area contributed by atoms with Crippen molar-refractivity contribution in [2.75, 3.05) is 6.61 Å². The van der Waals surface area contributed by atoms with Crippen LogP contribution in [-0.2, 0) is 9.59 Å². The number of fused-ring (bicyclic) bond motifs is 5. The molecule has 3 saturated carbocycles. The van der Waals surface area contributed by atoms with Crippen LogP contribution in [0.4, 0.5) is 4.39 Å². The van der Waals surface area contributed by atoms with E-state index < -0.39 is 57.8 Å². The number of allylic oxidation sites excluding steroid dienone is 4. The summed E-state index contributed by atoms with van der Waals surface area (Å²) in [5.74, 6) is -2.08. The molecule has 0 aromatic carbocycles. The molecule has 0 aromatic rings. The number of Topliss-reactive ketones (excluding diaryl/α,β-unsaturated/α-hetero) is 1. The predicted molar refractivity (Wildman–Crippen MR) is 105 cm³/mol. The fraction of sp³-hybridized carbons (Fsp3) is 0.636. The Labute approximate surface area is 173 Å². The zero-order valence-corrected chi connectivity index (χ0v) is 17.2. The number of ketones is 2. The van der Waals surface area contributed by atoms with Gasteiger partial charge in [-0.25, -0.2) is 4.39 Å². The molecule has 4 aliphatic rings. The van der Waals surface area contributed by atoms with E-state index >= 15 is 4.39 Å². The van der Waals surface area contributed by atoms with Crippen molar-refractivity contribution < 1.29 is 29.3 Å². The number of hydrogen-bond acceptors (Lipinski definition) is 5. The van der Waals surface area contributed by atoms with E-state index in [2.05, 4.69) is 6.58 Å². The van der Waals surface area contributed by atoms with Crippen LogP contribution in [0.25, 0.3) is 0 Å². The molecule has 3 fully saturated rings. The lowest BCUT2D eigenvalue weighted by molar-refractivity contribution is -0.170. The van der Waals surface area contributed by atoms with E-state index in [0.29, 0.717) is 0 Å². The molecule has 158 valence electrons. The topological polar surface area (TPSA) is 94.8 Å². The van der Waals surface area contributed by atoms with E-state index in [1.807, 2.05) is 0 Å². The molecule has 0 spiro atoms. The number of aliphatic hydroxyl groups is 3. The summed E-state index contributed by atoms with van der Waals surface area (Å²) in [5.41, 5.74) is -3.72. The third-order valence-electron chi connectivity index (χ3n) is 8.37. The summed E-state index contributed by atoms with van der Waals surface area (Å²) < 4.78 is 15.3. The van der Waals surface area contributed by atoms with Crippen molar-refractivity contribution >= 4 is 23.2 Å². The van der Waals surface area contributed by atoms with E-state index in [1.54, 1.807) is 19.9 Å². The van der Waals surface area contributed by atoms with E-state index in [4.69, 9.17) is 11.6 Å². The molecule has 0 saturated heterocycles. The van der Waals surface area contributed by atoms with Crippen LogP contribution >= 0.6 is 11.6 Å². The van der Waals surface area contributed by atoms with Crippen molar-refractivity contribution in [3.63, 3.8) is 0 Å². The maximum Gasteiger partial charge on any atom is 0.194 e. The molecule has 4 rings (SSSR count). The average molecular weight is 425 g/mol. The lowest BCUT2D eigenvalue weighted by atomic mass is 9.45. The summed E-state index contributed by atoms with van der Waals surface area (Å²) in [7, 11) is 0. The van der Waals surface area contributed by atoms with Gasteiger partial charge in [-0.15, -0.1) is 11.6 Å².